The molecule has 0 fully saturated rings. The molecule has 6 nitrogen and oxygen atoms in total. The molecule has 0 bridgehead atoms. The van der Waals surface area contributed by atoms with Crippen molar-refractivity contribution in [1.29, 1.82) is 0 Å². The molecule has 34 heavy (non-hydrogen) atoms. The number of aromatic nitrogens is 2. The lowest BCUT2D eigenvalue weighted by atomic mass is 10.1. The van der Waals surface area contributed by atoms with E-state index < -0.39 is 35.3 Å². The van der Waals surface area contributed by atoms with Crippen LogP contribution in [0.5, 0.6) is 5.75 Å². The van der Waals surface area contributed by atoms with E-state index in [1.165, 1.54) is 12.1 Å². The van der Waals surface area contributed by atoms with Crippen LogP contribution >= 0.6 is 0 Å². The Balaban J connectivity index is 1.67. The summed E-state index contributed by atoms with van der Waals surface area (Å²) < 4.78 is 60.5. The number of carbonyl (C=O) groups excluding carboxylic acids is 2. The van der Waals surface area contributed by atoms with Gasteiger partial charge in [-0.05, 0) is 36.2 Å². The molecule has 0 radical (unpaired) electrons. The molecule has 0 saturated carbocycles. The predicted molar refractivity (Wildman–Crippen MR) is 113 cm³/mol. The standard InChI is InChI=1S/C24H16F4N2O4/c1-3-4-15-12-29-21(30-13-15)16-5-7-17(8-6-16)22(31)34-18-9-10-19(20(25)11-18)23(32)33-14(2)24(26,27)28/h3,5-13H,1-2,4H2. The monoisotopic (exact) mass is 472 g/mol. The fourth-order valence-corrected chi connectivity index (χ4v) is 2.65. The number of hydrogen-bond acceptors (Lipinski definition) is 6. The normalized spacial score (nSPS) is 10.9. The SMILES string of the molecule is C=CCc1cnc(-c2ccc(C(=O)Oc3ccc(C(=O)OC(=C)C(F)(F)F)c(F)c3)cc2)nc1. The van der Waals surface area contributed by atoms with Gasteiger partial charge in [-0.1, -0.05) is 24.8 Å². The first-order chi connectivity index (χ1) is 16.1. The third kappa shape index (κ3) is 5.91. The van der Waals surface area contributed by atoms with Gasteiger partial charge in [-0.25, -0.2) is 23.9 Å². The Hall–Kier alpha value is -4.34. The van der Waals surface area contributed by atoms with E-state index in [2.05, 4.69) is 27.9 Å². The zero-order valence-corrected chi connectivity index (χ0v) is 17.4. The largest absolute Gasteiger partial charge is 0.449 e. The molecule has 10 heteroatoms. The second-order valence-electron chi connectivity index (χ2n) is 6.83. The van der Waals surface area contributed by atoms with Crippen molar-refractivity contribution in [2.75, 3.05) is 0 Å². The minimum Gasteiger partial charge on any atom is -0.423 e. The van der Waals surface area contributed by atoms with E-state index in [0.29, 0.717) is 23.9 Å². The fourth-order valence-electron chi connectivity index (χ4n) is 2.65. The van der Waals surface area contributed by atoms with Crippen LogP contribution in [0.15, 0.2) is 79.9 Å². The smallest absolute Gasteiger partial charge is 0.423 e. The highest BCUT2D eigenvalue weighted by Gasteiger charge is 2.36. The summed E-state index contributed by atoms with van der Waals surface area (Å²) in [6.07, 6.45) is 0.724. The zero-order chi connectivity index (χ0) is 24.9. The summed E-state index contributed by atoms with van der Waals surface area (Å²) >= 11 is 0. The van der Waals surface area contributed by atoms with Crippen LogP contribution < -0.4 is 4.74 Å². The Morgan fingerprint density at radius 3 is 2.21 bits per heavy atom. The van der Waals surface area contributed by atoms with E-state index in [9.17, 15) is 27.2 Å². The summed E-state index contributed by atoms with van der Waals surface area (Å²) in [5, 5.41) is 0. The third-order valence-electron chi connectivity index (χ3n) is 4.37. The van der Waals surface area contributed by atoms with Crippen molar-refractivity contribution in [3.63, 3.8) is 0 Å². The highest BCUT2D eigenvalue weighted by atomic mass is 19.4. The molecule has 0 N–H and O–H groups in total. The third-order valence-corrected chi connectivity index (χ3v) is 4.37. The number of esters is 2. The predicted octanol–water partition coefficient (Wildman–Crippen LogP) is 5.46. The molecule has 0 aliphatic carbocycles. The molecule has 0 atom stereocenters. The quantitative estimate of drug-likeness (QED) is 0.149. The number of rotatable bonds is 7. The molecule has 3 rings (SSSR count). The molecular weight excluding hydrogens is 456 g/mol. The summed E-state index contributed by atoms with van der Waals surface area (Å²) in [5.41, 5.74) is 0.901. The summed E-state index contributed by atoms with van der Waals surface area (Å²) in [4.78, 5) is 32.6. The van der Waals surface area contributed by atoms with Gasteiger partial charge in [-0.2, -0.15) is 13.2 Å². The molecule has 0 aliphatic heterocycles. The second kappa shape index (κ2) is 10.1. The van der Waals surface area contributed by atoms with Gasteiger partial charge in [0.1, 0.15) is 11.6 Å². The number of allylic oxidation sites excluding steroid dienone is 2. The lowest BCUT2D eigenvalue weighted by molar-refractivity contribution is -0.122. The van der Waals surface area contributed by atoms with Gasteiger partial charge in [-0.15, -0.1) is 6.58 Å². The van der Waals surface area contributed by atoms with Crippen molar-refractivity contribution in [1.82, 2.24) is 9.97 Å². The number of alkyl halides is 3. The van der Waals surface area contributed by atoms with Crippen molar-refractivity contribution in [2.45, 2.75) is 12.6 Å². The van der Waals surface area contributed by atoms with Crippen LogP contribution in [0.2, 0.25) is 0 Å². The Labute approximate surface area is 191 Å². The van der Waals surface area contributed by atoms with E-state index in [4.69, 9.17) is 4.74 Å². The first-order valence-electron chi connectivity index (χ1n) is 9.60. The maximum absolute atomic E-state index is 14.2. The Morgan fingerprint density at radius 2 is 1.65 bits per heavy atom. The van der Waals surface area contributed by atoms with Crippen molar-refractivity contribution in [3.05, 3.63) is 102 Å². The molecule has 0 unspecified atom stereocenters. The Kier molecular flexibility index (Phi) is 7.20. The first kappa shape index (κ1) is 24.3. The van der Waals surface area contributed by atoms with Gasteiger partial charge in [0.05, 0.1) is 11.1 Å². The Bertz CT molecular complexity index is 1240. The summed E-state index contributed by atoms with van der Waals surface area (Å²) in [7, 11) is 0. The van der Waals surface area contributed by atoms with E-state index in [0.717, 1.165) is 17.7 Å². The van der Waals surface area contributed by atoms with Gasteiger partial charge >= 0.3 is 18.1 Å². The van der Waals surface area contributed by atoms with Crippen LogP contribution in [-0.2, 0) is 11.2 Å². The van der Waals surface area contributed by atoms with E-state index in [1.54, 1.807) is 30.6 Å². The first-order valence-corrected chi connectivity index (χ1v) is 9.60. The maximum Gasteiger partial charge on any atom is 0.449 e. The van der Waals surface area contributed by atoms with Gasteiger partial charge in [0.2, 0.25) is 5.76 Å². The maximum atomic E-state index is 14.2. The van der Waals surface area contributed by atoms with Crippen molar-refractivity contribution in [2.24, 2.45) is 0 Å². The van der Waals surface area contributed by atoms with Gasteiger partial charge in [-0.3, -0.25) is 0 Å². The van der Waals surface area contributed by atoms with E-state index in [-0.39, 0.29) is 11.3 Å². The van der Waals surface area contributed by atoms with Gasteiger partial charge in [0.15, 0.2) is 5.82 Å². The van der Waals surface area contributed by atoms with Crippen molar-refractivity contribution < 1.29 is 36.6 Å². The number of nitrogens with zero attached hydrogens (tertiary/aromatic N) is 2. The lowest BCUT2D eigenvalue weighted by Gasteiger charge is -2.11. The number of halogens is 4. The number of carbonyl (C=O) groups is 2. The van der Waals surface area contributed by atoms with Crippen LogP contribution in [0.3, 0.4) is 0 Å². The number of hydrogen-bond donors (Lipinski definition) is 0. The molecule has 0 spiro atoms. The number of benzene rings is 2. The van der Waals surface area contributed by atoms with E-state index in [1.807, 2.05) is 0 Å². The summed E-state index contributed by atoms with van der Waals surface area (Å²) in [6.45, 7) is 6.22. The fraction of sp³-hybridized carbons (Fsp3) is 0.0833. The molecule has 2 aromatic carbocycles. The Morgan fingerprint density at radius 1 is 1.00 bits per heavy atom. The molecule has 1 aromatic heterocycles. The number of ether oxygens (including phenoxy) is 2. The molecule has 174 valence electrons. The lowest BCUT2D eigenvalue weighted by Crippen LogP contribution is -2.18. The molecule has 0 amide bonds. The van der Waals surface area contributed by atoms with Crippen LogP contribution in [0.1, 0.15) is 26.3 Å². The molecule has 0 saturated heterocycles. The topological polar surface area (TPSA) is 78.4 Å². The van der Waals surface area contributed by atoms with Crippen LogP contribution in [0, 0.1) is 5.82 Å². The molecular formula is C24H16F4N2O4. The zero-order valence-electron chi connectivity index (χ0n) is 17.4. The second-order valence-corrected chi connectivity index (χ2v) is 6.83. The minimum absolute atomic E-state index is 0.136. The van der Waals surface area contributed by atoms with Gasteiger partial charge in [0.25, 0.3) is 0 Å². The van der Waals surface area contributed by atoms with E-state index >= 15 is 0 Å². The molecule has 3 aromatic rings. The molecule has 1 heterocycles. The highest BCUT2D eigenvalue weighted by Crippen LogP contribution is 2.27. The minimum atomic E-state index is -4.97. The summed E-state index contributed by atoms with van der Waals surface area (Å²) in [6, 6.07) is 8.69. The van der Waals surface area contributed by atoms with Gasteiger partial charge < -0.3 is 9.47 Å². The average Bonchev–Trinajstić information content (AvgIpc) is 2.79. The van der Waals surface area contributed by atoms with Crippen LogP contribution in [-0.4, -0.2) is 28.1 Å². The highest BCUT2D eigenvalue weighted by molar-refractivity contribution is 5.92. The molecule has 0 aliphatic rings. The summed E-state index contributed by atoms with van der Waals surface area (Å²) in [5.74, 6) is -5.25. The van der Waals surface area contributed by atoms with Crippen molar-refractivity contribution in [3.8, 4) is 17.1 Å². The average molecular weight is 472 g/mol. The van der Waals surface area contributed by atoms with Crippen LogP contribution in [0.25, 0.3) is 11.4 Å². The van der Waals surface area contributed by atoms with Gasteiger partial charge in [0, 0.05) is 24.0 Å². The van der Waals surface area contributed by atoms with Crippen LogP contribution in [0.4, 0.5) is 17.6 Å². The van der Waals surface area contributed by atoms with Crippen molar-refractivity contribution >= 4 is 11.9 Å².